The summed E-state index contributed by atoms with van der Waals surface area (Å²) >= 11 is 1.33. The fourth-order valence-electron chi connectivity index (χ4n) is 3.81. The highest BCUT2D eigenvalue weighted by molar-refractivity contribution is 7.14. The summed E-state index contributed by atoms with van der Waals surface area (Å²) in [5, 5.41) is 5.17. The largest absolute Gasteiger partial charge is 0.369 e. The monoisotopic (exact) mass is 497 g/mol. The molecule has 3 heterocycles. The Labute approximate surface area is 209 Å². The van der Waals surface area contributed by atoms with Crippen molar-refractivity contribution in [2.24, 2.45) is 0 Å². The van der Waals surface area contributed by atoms with E-state index in [9.17, 15) is 14.4 Å². The molecule has 2 amide bonds. The summed E-state index contributed by atoms with van der Waals surface area (Å²) in [6.45, 7) is 8.70. The van der Waals surface area contributed by atoms with Crippen LogP contribution in [0.2, 0.25) is 0 Å². The zero-order valence-electron chi connectivity index (χ0n) is 20.3. The van der Waals surface area contributed by atoms with Crippen LogP contribution in [0, 0.1) is 0 Å². The minimum Gasteiger partial charge on any atom is -0.369 e. The summed E-state index contributed by atoms with van der Waals surface area (Å²) < 4.78 is 5.40. The van der Waals surface area contributed by atoms with Crippen LogP contribution in [0.5, 0.6) is 0 Å². The maximum absolute atomic E-state index is 12.7. The van der Waals surface area contributed by atoms with E-state index in [1.807, 2.05) is 42.3 Å². The molecule has 9 nitrogen and oxygen atoms in total. The third-order valence-corrected chi connectivity index (χ3v) is 6.36. The van der Waals surface area contributed by atoms with Crippen LogP contribution in [-0.2, 0) is 14.3 Å². The molecule has 35 heavy (non-hydrogen) atoms. The van der Waals surface area contributed by atoms with Crippen LogP contribution in [0.1, 0.15) is 43.4 Å². The zero-order chi connectivity index (χ0) is 25.2. The van der Waals surface area contributed by atoms with E-state index in [1.54, 1.807) is 19.2 Å². The third kappa shape index (κ3) is 7.06. The predicted molar refractivity (Wildman–Crippen MR) is 138 cm³/mol. The number of amides is 2. The standard InChI is InChI=1S/C25H31N5O4S/c1-4-6-19(16-34-14-13-31)21(5-2)23-17-35-25(27-23)28-24(33)22-8-7-20(15-26-22)30-11-9-29(10-12-30)18(3)32/h5-8,13,15,17H,4,9-12,14,16H2,1-3H3,(H,27,28,33)/b19-6-,21-5+. The molecule has 0 aromatic carbocycles. The van der Waals surface area contributed by atoms with Gasteiger partial charge in [-0.2, -0.15) is 0 Å². The molecule has 1 N–H and O–H groups in total. The van der Waals surface area contributed by atoms with E-state index in [0.29, 0.717) is 30.5 Å². The summed E-state index contributed by atoms with van der Waals surface area (Å²) in [5.41, 5.74) is 3.80. The Morgan fingerprint density at radius 2 is 1.97 bits per heavy atom. The molecular weight excluding hydrogens is 466 g/mol. The number of rotatable bonds is 10. The SMILES string of the molecule is C/C=C(\C(=C/CC)COCC=O)c1csc(NC(=O)c2ccc(N3CCN(C(C)=O)CC3)cn2)n1. The number of aromatic nitrogens is 2. The lowest BCUT2D eigenvalue weighted by atomic mass is 10.0. The van der Waals surface area contributed by atoms with Gasteiger partial charge >= 0.3 is 0 Å². The van der Waals surface area contributed by atoms with Gasteiger partial charge in [0, 0.05) is 44.1 Å². The number of pyridine rings is 1. The third-order valence-electron chi connectivity index (χ3n) is 5.60. The average Bonchev–Trinajstić information content (AvgIpc) is 3.32. The summed E-state index contributed by atoms with van der Waals surface area (Å²) in [4.78, 5) is 47.7. The Morgan fingerprint density at radius 1 is 1.20 bits per heavy atom. The molecule has 3 rings (SSSR count). The number of aldehydes is 1. The molecule has 1 aliphatic heterocycles. The smallest absolute Gasteiger partial charge is 0.276 e. The topological polar surface area (TPSA) is 105 Å². The average molecular weight is 498 g/mol. The van der Waals surface area contributed by atoms with Gasteiger partial charge in [0.25, 0.3) is 5.91 Å². The molecule has 1 aliphatic rings. The number of anilines is 2. The maximum Gasteiger partial charge on any atom is 0.276 e. The fraction of sp³-hybridized carbons (Fsp3) is 0.400. The normalized spacial score (nSPS) is 14.7. The molecule has 0 aliphatic carbocycles. The second-order valence-corrected chi connectivity index (χ2v) is 8.77. The lowest BCUT2D eigenvalue weighted by Crippen LogP contribution is -2.48. The zero-order valence-corrected chi connectivity index (χ0v) is 21.1. The van der Waals surface area contributed by atoms with Crippen molar-refractivity contribution in [1.29, 1.82) is 0 Å². The van der Waals surface area contributed by atoms with E-state index >= 15 is 0 Å². The number of hydrogen-bond donors (Lipinski definition) is 1. The van der Waals surface area contributed by atoms with E-state index in [2.05, 4.69) is 20.2 Å². The van der Waals surface area contributed by atoms with Crippen molar-refractivity contribution in [1.82, 2.24) is 14.9 Å². The first-order valence-corrected chi connectivity index (χ1v) is 12.5. The van der Waals surface area contributed by atoms with Gasteiger partial charge in [0.15, 0.2) is 5.13 Å². The van der Waals surface area contributed by atoms with Gasteiger partial charge in [-0.25, -0.2) is 9.97 Å². The second kappa shape index (κ2) is 12.9. The number of piperazine rings is 1. The van der Waals surface area contributed by atoms with Crippen LogP contribution >= 0.6 is 11.3 Å². The van der Waals surface area contributed by atoms with Crippen LogP contribution in [0.4, 0.5) is 10.8 Å². The molecule has 1 saturated heterocycles. The lowest BCUT2D eigenvalue weighted by molar-refractivity contribution is -0.129. The van der Waals surface area contributed by atoms with E-state index in [-0.39, 0.29) is 18.4 Å². The van der Waals surface area contributed by atoms with E-state index in [4.69, 9.17) is 4.74 Å². The van der Waals surface area contributed by atoms with Gasteiger partial charge < -0.3 is 19.3 Å². The number of nitrogens with zero attached hydrogens (tertiary/aromatic N) is 4. The molecule has 0 bridgehead atoms. The summed E-state index contributed by atoms with van der Waals surface area (Å²) in [5.74, 6) is -0.245. The Hall–Kier alpha value is -3.37. The van der Waals surface area contributed by atoms with Crippen LogP contribution in [0.15, 0.2) is 41.4 Å². The number of hydrogen-bond acceptors (Lipinski definition) is 8. The minimum atomic E-state index is -0.334. The van der Waals surface area contributed by atoms with Gasteiger partial charge in [-0.3, -0.25) is 14.9 Å². The molecule has 2 aromatic heterocycles. The molecule has 0 spiro atoms. The van der Waals surface area contributed by atoms with Crippen molar-refractivity contribution in [2.75, 3.05) is 49.6 Å². The molecule has 1 fully saturated rings. The van der Waals surface area contributed by atoms with Crippen LogP contribution in [-0.4, -0.2) is 72.4 Å². The maximum atomic E-state index is 12.7. The lowest BCUT2D eigenvalue weighted by Gasteiger charge is -2.35. The molecule has 186 valence electrons. The Bertz CT molecular complexity index is 1090. The van der Waals surface area contributed by atoms with Crippen molar-refractivity contribution in [3.05, 3.63) is 52.8 Å². The minimum absolute atomic E-state index is 0.0385. The number of allylic oxidation sites excluding steroid dienone is 2. The number of thiazole rings is 1. The van der Waals surface area contributed by atoms with Crippen LogP contribution in [0.25, 0.3) is 5.57 Å². The molecule has 0 radical (unpaired) electrons. The van der Waals surface area contributed by atoms with Gasteiger partial charge in [-0.1, -0.05) is 19.1 Å². The first-order chi connectivity index (χ1) is 17.0. The van der Waals surface area contributed by atoms with Crippen LogP contribution < -0.4 is 10.2 Å². The van der Waals surface area contributed by atoms with Crippen molar-refractivity contribution < 1.29 is 19.1 Å². The second-order valence-electron chi connectivity index (χ2n) is 7.91. The predicted octanol–water partition coefficient (Wildman–Crippen LogP) is 3.41. The van der Waals surface area contributed by atoms with Gasteiger partial charge in [0.2, 0.25) is 5.91 Å². The number of nitrogens with one attached hydrogen (secondary N) is 1. The number of ether oxygens (including phenoxy) is 1. The number of carbonyl (C=O) groups is 3. The first kappa shape index (κ1) is 26.2. The molecule has 0 atom stereocenters. The molecule has 0 unspecified atom stereocenters. The van der Waals surface area contributed by atoms with E-state index in [1.165, 1.54) is 11.3 Å². The van der Waals surface area contributed by atoms with Gasteiger partial charge in [-0.15, -0.1) is 11.3 Å². The molecule has 2 aromatic rings. The summed E-state index contributed by atoms with van der Waals surface area (Å²) in [7, 11) is 0. The number of carbonyl (C=O) groups excluding carboxylic acids is 3. The van der Waals surface area contributed by atoms with Crippen molar-refractivity contribution >= 4 is 45.8 Å². The van der Waals surface area contributed by atoms with Crippen LogP contribution in [0.3, 0.4) is 0 Å². The Kier molecular flexibility index (Phi) is 9.68. The van der Waals surface area contributed by atoms with E-state index in [0.717, 1.165) is 48.3 Å². The first-order valence-electron chi connectivity index (χ1n) is 11.6. The molecule has 10 heteroatoms. The van der Waals surface area contributed by atoms with Crippen molar-refractivity contribution in [3.63, 3.8) is 0 Å². The highest BCUT2D eigenvalue weighted by atomic mass is 32.1. The van der Waals surface area contributed by atoms with Gasteiger partial charge in [0.05, 0.1) is 24.2 Å². The molecule has 0 saturated carbocycles. The van der Waals surface area contributed by atoms with Gasteiger partial charge in [-0.05, 0) is 31.1 Å². The Morgan fingerprint density at radius 3 is 2.57 bits per heavy atom. The quantitative estimate of drug-likeness (QED) is 0.305. The Balaban J connectivity index is 1.62. The summed E-state index contributed by atoms with van der Waals surface area (Å²) in [6.07, 6.45) is 7.22. The van der Waals surface area contributed by atoms with Gasteiger partial charge in [0.1, 0.15) is 18.6 Å². The van der Waals surface area contributed by atoms with E-state index < -0.39 is 0 Å². The molecular formula is C25H31N5O4S. The highest BCUT2D eigenvalue weighted by Crippen LogP contribution is 2.28. The fourth-order valence-corrected chi connectivity index (χ4v) is 4.52. The highest BCUT2D eigenvalue weighted by Gasteiger charge is 2.20. The summed E-state index contributed by atoms with van der Waals surface area (Å²) in [6, 6.07) is 3.57. The van der Waals surface area contributed by atoms with Crippen molar-refractivity contribution in [2.45, 2.75) is 27.2 Å². The van der Waals surface area contributed by atoms with Crippen molar-refractivity contribution in [3.8, 4) is 0 Å².